The van der Waals surface area contributed by atoms with E-state index in [1.165, 1.54) is 6.07 Å². The number of nitrogens with one attached hydrogen (secondary N) is 1. The molecule has 1 N–H and O–H groups in total. The second-order valence-electron chi connectivity index (χ2n) is 4.83. The Hall–Kier alpha value is -2.36. The van der Waals surface area contributed by atoms with E-state index in [1.807, 2.05) is 31.2 Å². The first kappa shape index (κ1) is 15.0. The monoisotopic (exact) mass is 287 g/mol. The van der Waals surface area contributed by atoms with Crippen LogP contribution in [0.2, 0.25) is 0 Å². The smallest absolute Gasteiger partial charge is 0.261 e. The summed E-state index contributed by atoms with van der Waals surface area (Å²) in [5.74, 6) is 0.0674. The molecule has 0 aromatic heterocycles. The first-order valence-electron chi connectivity index (χ1n) is 6.81. The van der Waals surface area contributed by atoms with Gasteiger partial charge in [0.15, 0.2) is 6.10 Å². The fraction of sp³-hybridized carbons (Fsp3) is 0.235. The van der Waals surface area contributed by atoms with Gasteiger partial charge in [-0.05, 0) is 31.5 Å². The number of rotatable bonds is 5. The minimum atomic E-state index is -0.641. The number of hydrogen-bond acceptors (Lipinski definition) is 2. The molecule has 0 saturated heterocycles. The number of benzene rings is 2. The zero-order chi connectivity index (χ0) is 15.2. The molecule has 0 bridgehead atoms. The molecule has 0 aliphatic rings. The van der Waals surface area contributed by atoms with E-state index >= 15 is 0 Å². The first-order valence-corrected chi connectivity index (χ1v) is 6.81. The average molecular weight is 287 g/mol. The molecule has 2 aromatic carbocycles. The molecule has 2 rings (SSSR count). The second kappa shape index (κ2) is 6.88. The molecule has 0 fully saturated rings. The van der Waals surface area contributed by atoms with E-state index in [-0.39, 0.29) is 18.3 Å². The van der Waals surface area contributed by atoms with Crippen molar-refractivity contribution in [2.75, 3.05) is 0 Å². The molecule has 110 valence electrons. The molecule has 1 amide bonds. The molecule has 1 atom stereocenters. The van der Waals surface area contributed by atoms with E-state index in [0.29, 0.717) is 11.3 Å². The summed E-state index contributed by atoms with van der Waals surface area (Å²) in [6, 6.07) is 13.9. The third kappa shape index (κ3) is 4.05. The third-order valence-electron chi connectivity index (χ3n) is 3.18. The van der Waals surface area contributed by atoms with Gasteiger partial charge in [0.25, 0.3) is 5.91 Å². The van der Waals surface area contributed by atoms with Crippen molar-refractivity contribution in [3.05, 3.63) is 65.5 Å². The highest BCUT2D eigenvalue weighted by atomic mass is 19.1. The molecule has 0 heterocycles. The molecule has 0 aliphatic carbocycles. The molecule has 0 spiro atoms. The van der Waals surface area contributed by atoms with Crippen molar-refractivity contribution in [2.24, 2.45) is 0 Å². The lowest BCUT2D eigenvalue weighted by Crippen LogP contribution is -2.36. The topological polar surface area (TPSA) is 38.3 Å². The lowest BCUT2D eigenvalue weighted by molar-refractivity contribution is -0.127. The van der Waals surface area contributed by atoms with Crippen molar-refractivity contribution in [1.29, 1.82) is 0 Å². The number of carbonyl (C=O) groups excluding carboxylic acids is 1. The van der Waals surface area contributed by atoms with Gasteiger partial charge < -0.3 is 10.1 Å². The Labute approximate surface area is 123 Å². The van der Waals surface area contributed by atoms with Gasteiger partial charge in [0.05, 0.1) is 0 Å². The molecular weight excluding hydrogens is 269 g/mol. The number of amides is 1. The fourth-order valence-corrected chi connectivity index (χ4v) is 1.90. The molecule has 0 radical (unpaired) electrons. The Morgan fingerprint density at radius 2 is 1.86 bits per heavy atom. The third-order valence-corrected chi connectivity index (χ3v) is 3.18. The summed E-state index contributed by atoms with van der Waals surface area (Å²) in [5.41, 5.74) is 1.42. The van der Waals surface area contributed by atoms with Gasteiger partial charge in [0, 0.05) is 12.1 Å². The maximum absolute atomic E-state index is 13.5. The summed E-state index contributed by atoms with van der Waals surface area (Å²) < 4.78 is 19.1. The van der Waals surface area contributed by atoms with Crippen LogP contribution < -0.4 is 10.1 Å². The minimum Gasteiger partial charge on any atom is -0.481 e. The normalized spacial score (nSPS) is 11.8. The Morgan fingerprint density at radius 1 is 1.19 bits per heavy atom. The maximum atomic E-state index is 13.5. The second-order valence-corrected chi connectivity index (χ2v) is 4.83. The van der Waals surface area contributed by atoms with Crippen LogP contribution in [0.3, 0.4) is 0 Å². The van der Waals surface area contributed by atoms with E-state index in [2.05, 4.69) is 5.32 Å². The van der Waals surface area contributed by atoms with Crippen LogP contribution >= 0.6 is 0 Å². The molecule has 3 nitrogen and oxygen atoms in total. The van der Waals surface area contributed by atoms with Crippen LogP contribution in [0.1, 0.15) is 18.1 Å². The highest BCUT2D eigenvalue weighted by Gasteiger charge is 2.15. The molecule has 0 aliphatic heterocycles. The van der Waals surface area contributed by atoms with Crippen molar-refractivity contribution in [3.8, 4) is 5.75 Å². The van der Waals surface area contributed by atoms with E-state index in [1.54, 1.807) is 25.1 Å². The average Bonchev–Trinajstić information content (AvgIpc) is 2.48. The van der Waals surface area contributed by atoms with Crippen molar-refractivity contribution in [1.82, 2.24) is 5.32 Å². The summed E-state index contributed by atoms with van der Waals surface area (Å²) in [7, 11) is 0. The van der Waals surface area contributed by atoms with Crippen LogP contribution in [-0.2, 0) is 11.3 Å². The molecule has 2 aromatic rings. The van der Waals surface area contributed by atoms with E-state index < -0.39 is 6.10 Å². The van der Waals surface area contributed by atoms with Gasteiger partial charge in [-0.1, -0.05) is 36.4 Å². The van der Waals surface area contributed by atoms with Crippen LogP contribution in [0, 0.1) is 12.7 Å². The lowest BCUT2D eigenvalue weighted by Gasteiger charge is -2.16. The highest BCUT2D eigenvalue weighted by molar-refractivity contribution is 5.80. The van der Waals surface area contributed by atoms with E-state index in [9.17, 15) is 9.18 Å². The Morgan fingerprint density at radius 3 is 2.57 bits per heavy atom. The summed E-state index contributed by atoms with van der Waals surface area (Å²) >= 11 is 0. The summed E-state index contributed by atoms with van der Waals surface area (Å²) in [6.45, 7) is 3.73. The Balaban J connectivity index is 1.91. The number of carbonyl (C=O) groups is 1. The van der Waals surface area contributed by atoms with Crippen LogP contribution in [-0.4, -0.2) is 12.0 Å². The van der Waals surface area contributed by atoms with Gasteiger partial charge in [-0.2, -0.15) is 0 Å². The Kier molecular flexibility index (Phi) is 4.93. The summed E-state index contributed by atoms with van der Waals surface area (Å²) in [6.07, 6.45) is -0.641. The predicted octanol–water partition coefficient (Wildman–Crippen LogP) is 3.22. The molecular formula is C17H18FNO2. The molecule has 4 heteroatoms. The number of para-hydroxylation sites is 1. The largest absolute Gasteiger partial charge is 0.481 e. The van der Waals surface area contributed by atoms with Gasteiger partial charge >= 0.3 is 0 Å². The standard InChI is InChI=1S/C17H18FNO2/c1-12-7-3-6-10-16(12)21-13(2)17(20)19-11-14-8-4-5-9-15(14)18/h3-10,13H,11H2,1-2H3,(H,19,20). The number of ether oxygens (including phenoxy) is 1. The minimum absolute atomic E-state index is 0.146. The number of aryl methyl sites for hydroxylation is 1. The van der Waals surface area contributed by atoms with Gasteiger partial charge in [-0.25, -0.2) is 4.39 Å². The van der Waals surface area contributed by atoms with Crippen molar-refractivity contribution >= 4 is 5.91 Å². The molecule has 21 heavy (non-hydrogen) atoms. The summed E-state index contributed by atoms with van der Waals surface area (Å²) in [4.78, 5) is 12.0. The quantitative estimate of drug-likeness (QED) is 0.917. The highest BCUT2D eigenvalue weighted by Crippen LogP contribution is 2.17. The molecule has 0 saturated carbocycles. The van der Waals surface area contributed by atoms with Crippen molar-refractivity contribution in [3.63, 3.8) is 0 Å². The van der Waals surface area contributed by atoms with E-state index in [4.69, 9.17) is 4.74 Å². The van der Waals surface area contributed by atoms with Crippen LogP contribution in [0.4, 0.5) is 4.39 Å². The van der Waals surface area contributed by atoms with Crippen molar-refractivity contribution < 1.29 is 13.9 Å². The predicted molar refractivity (Wildman–Crippen MR) is 79.5 cm³/mol. The van der Waals surface area contributed by atoms with Gasteiger partial charge in [0.1, 0.15) is 11.6 Å². The Bertz CT molecular complexity index is 628. The SMILES string of the molecule is Cc1ccccc1OC(C)C(=O)NCc1ccccc1F. The lowest BCUT2D eigenvalue weighted by atomic mass is 10.2. The van der Waals surface area contributed by atoms with Gasteiger partial charge in [-0.15, -0.1) is 0 Å². The number of hydrogen-bond donors (Lipinski definition) is 1. The van der Waals surface area contributed by atoms with Crippen molar-refractivity contribution in [2.45, 2.75) is 26.5 Å². The fourth-order valence-electron chi connectivity index (χ4n) is 1.90. The van der Waals surface area contributed by atoms with E-state index in [0.717, 1.165) is 5.56 Å². The van der Waals surface area contributed by atoms with Crippen LogP contribution in [0.15, 0.2) is 48.5 Å². The maximum Gasteiger partial charge on any atom is 0.261 e. The molecule has 1 unspecified atom stereocenters. The van der Waals surface area contributed by atoms with Gasteiger partial charge in [0.2, 0.25) is 0 Å². The number of halogens is 1. The van der Waals surface area contributed by atoms with Crippen LogP contribution in [0.5, 0.6) is 5.75 Å². The summed E-state index contributed by atoms with van der Waals surface area (Å²) in [5, 5.41) is 2.68. The zero-order valence-corrected chi connectivity index (χ0v) is 12.1. The first-order chi connectivity index (χ1) is 10.1. The van der Waals surface area contributed by atoms with Crippen LogP contribution in [0.25, 0.3) is 0 Å². The van der Waals surface area contributed by atoms with Gasteiger partial charge in [-0.3, -0.25) is 4.79 Å². The zero-order valence-electron chi connectivity index (χ0n) is 12.1.